The molecule has 0 saturated carbocycles. The predicted octanol–water partition coefficient (Wildman–Crippen LogP) is 2.12. The molecule has 0 atom stereocenters. The largest absolute Gasteiger partial charge is 0.264 e. The van der Waals surface area contributed by atoms with E-state index in [4.69, 9.17) is 0 Å². The Morgan fingerprint density at radius 3 is 3.40 bits per heavy atom. The lowest BCUT2D eigenvalue weighted by atomic mass is 10.2. The number of aryl methyl sites for hydroxylation is 1. The molecular weight excluding hydrogens is 142 g/mol. The highest BCUT2D eigenvalue weighted by atomic mass is 32.2. The van der Waals surface area contributed by atoms with Crippen LogP contribution in [0.15, 0.2) is 23.4 Å². The van der Waals surface area contributed by atoms with Gasteiger partial charge in [-0.3, -0.25) is 4.98 Å². The lowest BCUT2D eigenvalue weighted by molar-refractivity contribution is 0.879. The number of rotatable bonds is 0. The summed E-state index contributed by atoms with van der Waals surface area (Å²) in [6, 6.07) is 2.11. The molecule has 0 fully saturated rings. The van der Waals surface area contributed by atoms with Crippen LogP contribution in [0.1, 0.15) is 12.0 Å². The van der Waals surface area contributed by atoms with Crippen LogP contribution in [0.3, 0.4) is 0 Å². The number of fused-ring (bicyclic) bond motifs is 1. The van der Waals surface area contributed by atoms with E-state index in [1.165, 1.54) is 29.1 Å². The highest BCUT2D eigenvalue weighted by molar-refractivity contribution is 7.99. The average Bonchev–Trinajstić information content (AvgIpc) is 2.05. The predicted molar refractivity (Wildman–Crippen MR) is 43.3 cm³/mol. The zero-order chi connectivity index (χ0) is 6.81. The third-order valence-electron chi connectivity index (χ3n) is 1.71. The van der Waals surface area contributed by atoms with Crippen molar-refractivity contribution in [2.24, 2.45) is 0 Å². The molecule has 0 aliphatic carbocycles. The minimum absolute atomic E-state index is 1.22. The van der Waals surface area contributed by atoms with Gasteiger partial charge in [-0.25, -0.2) is 0 Å². The van der Waals surface area contributed by atoms with Gasteiger partial charge in [-0.15, -0.1) is 11.8 Å². The Kier molecular flexibility index (Phi) is 1.63. The van der Waals surface area contributed by atoms with E-state index in [9.17, 15) is 0 Å². The van der Waals surface area contributed by atoms with Crippen LogP contribution in [0.4, 0.5) is 0 Å². The van der Waals surface area contributed by atoms with E-state index < -0.39 is 0 Å². The number of thioether (sulfide) groups is 1. The van der Waals surface area contributed by atoms with Crippen molar-refractivity contribution < 1.29 is 0 Å². The van der Waals surface area contributed by atoms with Crippen LogP contribution in [0, 0.1) is 0 Å². The van der Waals surface area contributed by atoms with Crippen molar-refractivity contribution in [3.8, 4) is 0 Å². The molecule has 0 unspecified atom stereocenters. The Balaban J connectivity index is 2.41. The second-order valence-electron chi connectivity index (χ2n) is 2.44. The molecule has 1 aromatic rings. The minimum atomic E-state index is 1.22. The van der Waals surface area contributed by atoms with Crippen molar-refractivity contribution in [1.29, 1.82) is 0 Å². The molecule has 2 heterocycles. The zero-order valence-electron chi connectivity index (χ0n) is 5.71. The first kappa shape index (κ1) is 6.23. The number of hydrogen-bond acceptors (Lipinski definition) is 2. The fraction of sp³-hybridized carbons (Fsp3) is 0.375. The molecule has 1 aromatic heterocycles. The molecule has 2 rings (SSSR count). The molecule has 0 bridgehead atoms. The molecule has 52 valence electrons. The molecule has 1 nitrogen and oxygen atoms in total. The molecule has 1 aliphatic heterocycles. The first-order chi connectivity index (χ1) is 4.97. The van der Waals surface area contributed by atoms with Crippen LogP contribution >= 0.6 is 11.8 Å². The molecule has 0 N–H and O–H groups in total. The number of nitrogens with zero attached hydrogens (tertiary/aromatic N) is 1. The van der Waals surface area contributed by atoms with E-state index in [-0.39, 0.29) is 0 Å². The number of pyridine rings is 1. The van der Waals surface area contributed by atoms with Crippen LogP contribution in [-0.4, -0.2) is 10.7 Å². The summed E-state index contributed by atoms with van der Waals surface area (Å²) in [4.78, 5) is 5.52. The van der Waals surface area contributed by atoms with Crippen molar-refractivity contribution in [3.05, 3.63) is 24.0 Å². The Bertz CT molecular complexity index is 209. The van der Waals surface area contributed by atoms with Gasteiger partial charge in [-0.05, 0) is 30.2 Å². The molecule has 10 heavy (non-hydrogen) atoms. The van der Waals surface area contributed by atoms with Gasteiger partial charge in [0.15, 0.2) is 0 Å². The highest BCUT2D eigenvalue weighted by Gasteiger charge is 2.07. The van der Waals surface area contributed by atoms with Crippen molar-refractivity contribution >= 4 is 11.8 Å². The Hall–Kier alpha value is -0.500. The van der Waals surface area contributed by atoms with E-state index >= 15 is 0 Å². The summed E-state index contributed by atoms with van der Waals surface area (Å²) >= 11 is 1.95. The van der Waals surface area contributed by atoms with Gasteiger partial charge in [-0.1, -0.05) is 0 Å². The fourth-order valence-corrected chi connectivity index (χ4v) is 2.19. The SMILES string of the molecule is c1cc2c(cn1)CCCS2. The summed E-state index contributed by atoms with van der Waals surface area (Å²) in [5, 5.41) is 0. The summed E-state index contributed by atoms with van der Waals surface area (Å²) in [6.45, 7) is 0. The first-order valence-electron chi connectivity index (χ1n) is 3.52. The number of hydrogen-bond donors (Lipinski definition) is 0. The van der Waals surface area contributed by atoms with Crippen LogP contribution < -0.4 is 0 Å². The molecule has 0 saturated heterocycles. The second kappa shape index (κ2) is 2.62. The topological polar surface area (TPSA) is 12.9 Å². The van der Waals surface area contributed by atoms with Crippen LogP contribution in [0.25, 0.3) is 0 Å². The van der Waals surface area contributed by atoms with Crippen molar-refractivity contribution in [3.63, 3.8) is 0 Å². The molecule has 0 radical (unpaired) electrons. The molecule has 0 aromatic carbocycles. The van der Waals surface area contributed by atoms with Crippen molar-refractivity contribution in [2.45, 2.75) is 17.7 Å². The van der Waals surface area contributed by atoms with Gasteiger partial charge in [0, 0.05) is 17.3 Å². The molecular formula is C8H9NS. The summed E-state index contributed by atoms with van der Waals surface area (Å²) < 4.78 is 0. The van der Waals surface area contributed by atoms with Crippen molar-refractivity contribution in [1.82, 2.24) is 4.98 Å². The zero-order valence-corrected chi connectivity index (χ0v) is 6.53. The molecule has 1 aliphatic rings. The first-order valence-corrected chi connectivity index (χ1v) is 4.51. The van der Waals surface area contributed by atoms with Gasteiger partial charge >= 0.3 is 0 Å². The van der Waals surface area contributed by atoms with E-state index in [0.717, 1.165) is 0 Å². The normalized spacial score (nSPS) is 16.4. The standard InChI is InChI=1S/C8H9NS/c1-2-7-6-9-4-3-8(7)10-5-1/h3-4,6H,1-2,5H2. The van der Waals surface area contributed by atoms with Crippen LogP contribution in [-0.2, 0) is 6.42 Å². The van der Waals surface area contributed by atoms with E-state index in [0.29, 0.717) is 0 Å². The summed E-state index contributed by atoms with van der Waals surface area (Å²) in [7, 11) is 0. The summed E-state index contributed by atoms with van der Waals surface area (Å²) in [6.07, 6.45) is 6.39. The lowest BCUT2D eigenvalue weighted by Crippen LogP contribution is -1.97. The Morgan fingerprint density at radius 1 is 1.50 bits per heavy atom. The average molecular weight is 151 g/mol. The lowest BCUT2D eigenvalue weighted by Gasteiger charge is -2.12. The Labute approximate surface area is 64.9 Å². The third kappa shape index (κ3) is 1.03. The van der Waals surface area contributed by atoms with Gasteiger partial charge < -0.3 is 0 Å². The highest BCUT2D eigenvalue weighted by Crippen LogP contribution is 2.28. The van der Waals surface area contributed by atoms with Gasteiger partial charge in [0.1, 0.15) is 0 Å². The van der Waals surface area contributed by atoms with E-state index in [2.05, 4.69) is 11.1 Å². The molecule has 0 amide bonds. The van der Waals surface area contributed by atoms with Crippen molar-refractivity contribution in [2.75, 3.05) is 5.75 Å². The fourth-order valence-electron chi connectivity index (χ4n) is 1.19. The molecule has 0 spiro atoms. The maximum Gasteiger partial charge on any atom is 0.0311 e. The van der Waals surface area contributed by atoms with E-state index in [1.54, 1.807) is 0 Å². The Morgan fingerprint density at radius 2 is 2.50 bits per heavy atom. The quantitative estimate of drug-likeness (QED) is 0.563. The smallest absolute Gasteiger partial charge is 0.0311 e. The summed E-state index contributed by atoms with van der Waals surface area (Å²) in [5.74, 6) is 1.27. The van der Waals surface area contributed by atoms with Gasteiger partial charge in [0.2, 0.25) is 0 Å². The second-order valence-corrected chi connectivity index (χ2v) is 3.57. The van der Waals surface area contributed by atoms with Crippen LogP contribution in [0.5, 0.6) is 0 Å². The van der Waals surface area contributed by atoms with Crippen LogP contribution in [0.2, 0.25) is 0 Å². The monoisotopic (exact) mass is 151 g/mol. The maximum absolute atomic E-state index is 4.08. The third-order valence-corrected chi connectivity index (χ3v) is 2.91. The van der Waals surface area contributed by atoms with Gasteiger partial charge in [0.25, 0.3) is 0 Å². The maximum atomic E-state index is 4.08. The summed E-state index contributed by atoms with van der Waals surface area (Å²) in [5.41, 5.74) is 1.43. The van der Waals surface area contributed by atoms with E-state index in [1.807, 2.05) is 24.2 Å². The van der Waals surface area contributed by atoms with Gasteiger partial charge in [0.05, 0.1) is 0 Å². The van der Waals surface area contributed by atoms with Gasteiger partial charge in [-0.2, -0.15) is 0 Å². The number of aromatic nitrogens is 1. The molecule has 2 heteroatoms. The minimum Gasteiger partial charge on any atom is -0.264 e.